The minimum Gasteiger partial charge on any atom is -0.484 e. The average molecular weight is 440 g/mol. The Morgan fingerprint density at radius 3 is 2.45 bits per heavy atom. The Morgan fingerprint density at radius 2 is 1.68 bits per heavy atom. The van der Waals surface area contributed by atoms with Gasteiger partial charge < -0.3 is 19.5 Å². The van der Waals surface area contributed by atoms with Crippen LogP contribution in [0.1, 0.15) is 5.56 Å². The Kier molecular flexibility index (Phi) is 5.94. The van der Waals surface area contributed by atoms with Crippen molar-refractivity contribution < 1.29 is 27.4 Å². The molecule has 0 radical (unpaired) electrons. The highest BCUT2D eigenvalue weighted by Crippen LogP contribution is 2.32. The number of carbonyl (C=O) groups excluding carboxylic acids is 1. The molecule has 1 aliphatic rings. The van der Waals surface area contributed by atoms with Gasteiger partial charge in [-0.15, -0.1) is 0 Å². The van der Waals surface area contributed by atoms with E-state index in [0.29, 0.717) is 29.5 Å². The van der Waals surface area contributed by atoms with Gasteiger partial charge in [0.15, 0.2) is 18.1 Å². The molecule has 0 aliphatic carbocycles. The van der Waals surface area contributed by atoms with Crippen molar-refractivity contribution in [2.45, 2.75) is 11.4 Å². The van der Waals surface area contributed by atoms with E-state index in [9.17, 15) is 13.2 Å². The molecule has 0 saturated carbocycles. The number of hydrogen-bond donors (Lipinski definition) is 2. The van der Waals surface area contributed by atoms with Crippen LogP contribution in [0.2, 0.25) is 0 Å². The van der Waals surface area contributed by atoms with Crippen molar-refractivity contribution >= 4 is 21.6 Å². The van der Waals surface area contributed by atoms with Crippen LogP contribution in [0.5, 0.6) is 17.2 Å². The van der Waals surface area contributed by atoms with Crippen LogP contribution in [0, 0.1) is 0 Å². The normalized spacial score (nSPS) is 12.3. The molecular formula is C22H20N2O6S. The van der Waals surface area contributed by atoms with E-state index in [1.54, 1.807) is 36.4 Å². The average Bonchev–Trinajstić information content (AvgIpc) is 3.25. The third-order valence-electron chi connectivity index (χ3n) is 4.46. The monoisotopic (exact) mass is 440 g/mol. The first-order chi connectivity index (χ1) is 15.0. The lowest BCUT2D eigenvalue weighted by Crippen LogP contribution is -2.28. The first kappa shape index (κ1) is 20.5. The van der Waals surface area contributed by atoms with Gasteiger partial charge in [-0.05, 0) is 54.1 Å². The van der Waals surface area contributed by atoms with Crippen molar-refractivity contribution in [2.24, 2.45) is 0 Å². The predicted octanol–water partition coefficient (Wildman–Crippen LogP) is 2.91. The summed E-state index contributed by atoms with van der Waals surface area (Å²) in [5.74, 6) is 1.42. The Bertz CT molecular complexity index is 1160. The number of anilines is 1. The first-order valence-electron chi connectivity index (χ1n) is 9.45. The predicted molar refractivity (Wildman–Crippen MR) is 114 cm³/mol. The van der Waals surface area contributed by atoms with Gasteiger partial charge in [0.1, 0.15) is 5.75 Å². The van der Waals surface area contributed by atoms with Crippen molar-refractivity contribution in [3.63, 3.8) is 0 Å². The molecule has 4 rings (SSSR count). The number of hydrogen-bond acceptors (Lipinski definition) is 6. The van der Waals surface area contributed by atoms with Crippen LogP contribution < -0.4 is 24.2 Å². The number of sulfonamides is 1. The van der Waals surface area contributed by atoms with Gasteiger partial charge in [-0.3, -0.25) is 9.52 Å². The molecule has 3 aromatic carbocycles. The summed E-state index contributed by atoms with van der Waals surface area (Å²) in [6, 6.07) is 19.9. The third-order valence-corrected chi connectivity index (χ3v) is 5.85. The molecule has 31 heavy (non-hydrogen) atoms. The molecule has 160 valence electrons. The van der Waals surface area contributed by atoms with Crippen LogP contribution in [-0.4, -0.2) is 27.7 Å². The van der Waals surface area contributed by atoms with Crippen molar-refractivity contribution in [1.29, 1.82) is 0 Å². The van der Waals surface area contributed by atoms with Crippen molar-refractivity contribution in [1.82, 2.24) is 5.32 Å². The fraction of sp³-hybridized carbons (Fsp3) is 0.136. The van der Waals surface area contributed by atoms with E-state index in [0.717, 1.165) is 5.56 Å². The van der Waals surface area contributed by atoms with Crippen molar-refractivity contribution in [3.8, 4) is 17.2 Å². The molecule has 0 saturated heterocycles. The summed E-state index contributed by atoms with van der Waals surface area (Å²) in [5, 5.41) is 2.76. The summed E-state index contributed by atoms with van der Waals surface area (Å²) in [6.07, 6.45) is 0. The Hall–Kier alpha value is -3.72. The number of rotatable bonds is 8. The fourth-order valence-corrected chi connectivity index (χ4v) is 3.95. The fourth-order valence-electron chi connectivity index (χ4n) is 2.89. The molecule has 1 heterocycles. The summed E-state index contributed by atoms with van der Waals surface area (Å²) in [7, 11) is -3.71. The summed E-state index contributed by atoms with van der Waals surface area (Å²) in [4.78, 5) is 12.1. The summed E-state index contributed by atoms with van der Waals surface area (Å²) >= 11 is 0. The second-order valence-corrected chi connectivity index (χ2v) is 8.38. The minimum absolute atomic E-state index is 0.0935. The van der Waals surface area contributed by atoms with Crippen molar-refractivity contribution in [3.05, 3.63) is 78.4 Å². The van der Waals surface area contributed by atoms with E-state index in [2.05, 4.69) is 10.0 Å². The molecule has 0 aromatic heterocycles. The highest BCUT2D eigenvalue weighted by atomic mass is 32.2. The maximum Gasteiger partial charge on any atom is 0.261 e. The van der Waals surface area contributed by atoms with Gasteiger partial charge in [-0.1, -0.05) is 24.3 Å². The largest absolute Gasteiger partial charge is 0.484 e. The van der Waals surface area contributed by atoms with Crippen LogP contribution >= 0.6 is 0 Å². The molecule has 2 N–H and O–H groups in total. The Balaban J connectivity index is 1.27. The second-order valence-electron chi connectivity index (χ2n) is 6.70. The van der Waals surface area contributed by atoms with Crippen molar-refractivity contribution in [2.75, 3.05) is 18.1 Å². The first-order valence-corrected chi connectivity index (χ1v) is 10.9. The molecule has 0 atom stereocenters. The summed E-state index contributed by atoms with van der Waals surface area (Å²) < 4.78 is 43.4. The molecule has 9 heteroatoms. The molecule has 0 unspecified atom stereocenters. The van der Waals surface area contributed by atoms with Crippen LogP contribution in [0.15, 0.2) is 77.7 Å². The highest BCUT2D eigenvalue weighted by Gasteiger charge is 2.15. The van der Waals surface area contributed by atoms with Gasteiger partial charge in [-0.2, -0.15) is 0 Å². The number of benzene rings is 3. The lowest BCUT2D eigenvalue weighted by atomic mass is 10.2. The Labute approximate surface area is 179 Å². The zero-order chi connectivity index (χ0) is 21.7. The number of carbonyl (C=O) groups is 1. The molecule has 3 aromatic rings. The lowest BCUT2D eigenvalue weighted by Gasteiger charge is -2.10. The zero-order valence-corrected chi connectivity index (χ0v) is 17.2. The van der Waals surface area contributed by atoms with E-state index >= 15 is 0 Å². The zero-order valence-electron chi connectivity index (χ0n) is 16.4. The quantitative estimate of drug-likeness (QED) is 0.558. The van der Waals surface area contributed by atoms with E-state index in [1.807, 2.05) is 12.1 Å². The van der Waals surface area contributed by atoms with E-state index < -0.39 is 10.0 Å². The van der Waals surface area contributed by atoms with E-state index in [4.69, 9.17) is 14.2 Å². The van der Waals surface area contributed by atoms with Gasteiger partial charge >= 0.3 is 0 Å². The smallest absolute Gasteiger partial charge is 0.261 e. The van der Waals surface area contributed by atoms with Gasteiger partial charge in [-0.25, -0.2) is 8.42 Å². The van der Waals surface area contributed by atoms with Crippen LogP contribution in [0.25, 0.3) is 0 Å². The molecule has 1 aliphatic heterocycles. The summed E-state index contributed by atoms with van der Waals surface area (Å²) in [5.41, 5.74) is 1.35. The number of para-hydroxylation sites is 1. The molecule has 0 fully saturated rings. The van der Waals surface area contributed by atoms with Crippen LogP contribution in [0.3, 0.4) is 0 Å². The highest BCUT2D eigenvalue weighted by molar-refractivity contribution is 7.92. The number of nitrogens with one attached hydrogen (secondary N) is 2. The van der Waals surface area contributed by atoms with Crippen LogP contribution in [0.4, 0.5) is 5.69 Å². The van der Waals surface area contributed by atoms with Gasteiger partial charge in [0.25, 0.3) is 15.9 Å². The maximum absolute atomic E-state index is 12.4. The van der Waals surface area contributed by atoms with E-state index in [1.165, 1.54) is 24.3 Å². The maximum atomic E-state index is 12.4. The van der Waals surface area contributed by atoms with E-state index in [-0.39, 0.29) is 24.2 Å². The lowest BCUT2D eigenvalue weighted by molar-refractivity contribution is -0.123. The van der Waals surface area contributed by atoms with Gasteiger partial charge in [0.2, 0.25) is 6.79 Å². The van der Waals surface area contributed by atoms with Gasteiger partial charge in [0.05, 0.1) is 4.90 Å². The van der Waals surface area contributed by atoms with Gasteiger partial charge in [0, 0.05) is 12.2 Å². The second kappa shape index (κ2) is 8.97. The third kappa shape index (κ3) is 5.26. The molecule has 0 spiro atoms. The number of ether oxygens (including phenoxy) is 3. The van der Waals surface area contributed by atoms with Crippen LogP contribution in [-0.2, 0) is 21.4 Å². The molecule has 0 bridgehead atoms. The number of amides is 1. The summed E-state index contributed by atoms with van der Waals surface area (Å²) in [6.45, 7) is 0.321. The number of fused-ring (bicyclic) bond motifs is 1. The Morgan fingerprint density at radius 1 is 0.935 bits per heavy atom. The SMILES string of the molecule is O=C(COc1ccc(S(=O)(=O)Nc2ccccc2)cc1)NCc1ccc2c(c1)OCO2. The molecule has 1 amide bonds. The molecular weight excluding hydrogens is 420 g/mol. The molecule has 8 nitrogen and oxygen atoms in total. The standard InChI is InChI=1S/C22H20N2O6S/c25-22(23-13-16-6-11-20-21(12-16)30-15-29-20)14-28-18-7-9-19(10-8-18)31(26,27)24-17-4-2-1-3-5-17/h1-12,24H,13-15H2,(H,23,25). The topological polar surface area (TPSA) is 103 Å². The minimum atomic E-state index is -3.71.